The first-order valence-corrected chi connectivity index (χ1v) is 3.53. The summed E-state index contributed by atoms with van der Waals surface area (Å²) in [6, 6.07) is 0. The van der Waals surface area contributed by atoms with Gasteiger partial charge in [-0.2, -0.15) is 0 Å². The van der Waals surface area contributed by atoms with Crippen LogP contribution in [0.2, 0.25) is 0 Å². The molecule has 10 heavy (non-hydrogen) atoms. The molecule has 2 atom stereocenters. The van der Waals surface area contributed by atoms with Crippen LogP contribution in [0.15, 0.2) is 0 Å². The van der Waals surface area contributed by atoms with Gasteiger partial charge in [0.15, 0.2) is 0 Å². The molecule has 0 bridgehead atoms. The van der Waals surface area contributed by atoms with Gasteiger partial charge in [0.1, 0.15) is 0 Å². The van der Waals surface area contributed by atoms with Crippen molar-refractivity contribution in [3.05, 3.63) is 0 Å². The quantitative estimate of drug-likeness (QED) is 0.543. The standard InChI is InChI=1S/C7H13NO2/c1-7(10)3-2-5(4-7)6(8)9/h5,10H,2-4H2,1H3,(H2,8,9)/t5-,7+/m0/s1. The van der Waals surface area contributed by atoms with Gasteiger partial charge in [-0.05, 0) is 26.2 Å². The monoisotopic (exact) mass is 143 g/mol. The summed E-state index contributed by atoms with van der Waals surface area (Å²) < 4.78 is 0. The Labute approximate surface area is 60.2 Å². The average Bonchev–Trinajstić information content (AvgIpc) is 2.10. The Hall–Kier alpha value is -0.570. The normalized spacial score (nSPS) is 40.0. The van der Waals surface area contributed by atoms with Crippen molar-refractivity contribution in [3.8, 4) is 0 Å². The van der Waals surface area contributed by atoms with E-state index < -0.39 is 5.60 Å². The average molecular weight is 143 g/mol. The van der Waals surface area contributed by atoms with Gasteiger partial charge in [-0.25, -0.2) is 0 Å². The number of hydrogen-bond acceptors (Lipinski definition) is 2. The van der Waals surface area contributed by atoms with E-state index >= 15 is 0 Å². The summed E-state index contributed by atoms with van der Waals surface area (Å²) in [5.74, 6) is -0.382. The Morgan fingerprint density at radius 3 is 2.60 bits per heavy atom. The van der Waals surface area contributed by atoms with Crippen molar-refractivity contribution in [2.24, 2.45) is 11.7 Å². The van der Waals surface area contributed by atoms with Crippen LogP contribution in [0, 0.1) is 5.92 Å². The number of amides is 1. The molecule has 0 aromatic rings. The number of aliphatic hydroxyl groups is 1. The molecule has 1 amide bonds. The van der Waals surface area contributed by atoms with E-state index in [-0.39, 0.29) is 11.8 Å². The van der Waals surface area contributed by atoms with E-state index in [1.807, 2.05) is 0 Å². The molecule has 0 spiro atoms. The molecule has 1 fully saturated rings. The van der Waals surface area contributed by atoms with Gasteiger partial charge in [0.25, 0.3) is 0 Å². The van der Waals surface area contributed by atoms with Crippen molar-refractivity contribution in [1.29, 1.82) is 0 Å². The van der Waals surface area contributed by atoms with Crippen LogP contribution in [-0.2, 0) is 4.79 Å². The third kappa shape index (κ3) is 1.48. The lowest BCUT2D eigenvalue weighted by Gasteiger charge is -2.14. The minimum absolute atomic E-state index is 0.102. The Morgan fingerprint density at radius 1 is 1.80 bits per heavy atom. The largest absolute Gasteiger partial charge is 0.390 e. The maximum atomic E-state index is 10.6. The van der Waals surface area contributed by atoms with Crippen molar-refractivity contribution in [1.82, 2.24) is 0 Å². The lowest BCUT2D eigenvalue weighted by molar-refractivity contribution is -0.122. The maximum absolute atomic E-state index is 10.6. The molecule has 0 heterocycles. The predicted molar refractivity (Wildman–Crippen MR) is 37.2 cm³/mol. The lowest BCUT2D eigenvalue weighted by Crippen LogP contribution is -2.25. The molecule has 0 aromatic heterocycles. The van der Waals surface area contributed by atoms with Gasteiger partial charge in [0.05, 0.1) is 5.60 Å². The van der Waals surface area contributed by atoms with E-state index in [1.54, 1.807) is 6.92 Å². The molecular weight excluding hydrogens is 130 g/mol. The number of carbonyl (C=O) groups is 1. The van der Waals surface area contributed by atoms with Crippen LogP contribution >= 0.6 is 0 Å². The highest BCUT2D eigenvalue weighted by Crippen LogP contribution is 2.33. The van der Waals surface area contributed by atoms with Crippen LogP contribution < -0.4 is 5.73 Å². The van der Waals surface area contributed by atoms with Crippen LogP contribution in [0.25, 0.3) is 0 Å². The van der Waals surface area contributed by atoms with E-state index in [4.69, 9.17) is 5.73 Å². The molecule has 1 saturated carbocycles. The molecule has 1 aliphatic rings. The second-order valence-corrected chi connectivity index (χ2v) is 3.34. The molecular formula is C7H13NO2. The third-order valence-electron chi connectivity index (χ3n) is 2.12. The molecule has 3 nitrogen and oxygen atoms in total. The fourth-order valence-corrected chi connectivity index (χ4v) is 1.46. The van der Waals surface area contributed by atoms with Gasteiger partial charge in [-0.15, -0.1) is 0 Å². The van der Waals surface area contributed by atoms with Crippen molar-refractivity contribution < 1.29 is 9.90 Å². The number of hydrogen-bond donors (Lipinski definition) is 2. The zero-order valence-electron chi connectivity index (χ0n) is 6.13. The molecule has 0 aliphatic heterocycles. The number of nitrogens with two attached hydrogens (primary N) is 1. The Morgan fingerprint density at radius 2 is 2.40 bits per heavy atom. The van der Waals surface area contributed by atoms with Gasteiger partial charge in [-0.1, -0.05) is 0 Å². The van der Waals surface area contributed by atoms with Crippen molar-refractivity contribution in [2.45, 2.75) is 31.8 Å². The fourth-order valence-electron chi connectivity index (χ4n) is 1.46. The van der Waals surface area contributed by atoms with E-state index in [9.17, 15) is 9.90 Å². The van der Waals surface area contributed by atoms with Crippen LogP contribution in [0.5, 0.6) is 0 Å². The van der Waals surface area contributed by atoms with Crippen LogP contribution in [0.3, 0.4) is 0 Å². The Kier molecular flexibility index (Phi) is 1.68. The van der Waals surface area contributed by atoms with E-state index in [1.165, 1.54) is 0 Å². The topological polar surface area (TPSA) is 63.3 Å². The summed E-state index contributed by atoms with van der Waals surface area (Å²) in [6.07, 6.45) is 1.96. The predicted octanol–water partition coefficient (Wildman–Crippen LogP) is 0.0228. The molecule has 0 radical (unpaired) electrons. The molecule has 0 unspecified atom stereocenters. The summed E-state index contributed by atoms with van der Waals surface area (Å²) in [5.41, 5.74) is 4.42. The first kappa shape index (κ1) is 7.54. The van der Waals surface area contributed by atoms with Gasteiger partial charge >= 0.3 is 0 Å². The summed E-state index contributed by atoms with van der Waals surface area (Å²) in [4.78, 5) is 10.6. The van der Waals surface area contributed by atoms with Crippen LogP contribution in [0.4, 0.5) is 0 Å². The maximum Gasteiger partial charge on any atom is 0.220 e. The number of rotatable bonds is 1. The smallest absolute Gasteiger partial charge is 0.220 e. The summed E-state index contributed by atoms with van der Waals surface area (Å²) in [6.45, 7) is 1.75. The minimum Gasteiger partial charge on any atom is -0.390 e. The van der Waals surface area contributed by atoms with Gasteiger partial charge in [0.2, 0.25) is 5.91 Å². The summed E-state index contributed by atoms with van der Waals surface area (Å²) in [5, 5.41) is 9.41. The first-order valence-electron chi connectivity index (χ1n) is 3.53. The van der Waals surface area contributed by atoms with Crippen LogP contribution in [0.1, 0.15) is 26.2 Å². The highest BCUT2D eigenvalue weighted by molar-refractivity contribution is 5.77. The highest BCUT2D eigenvalue weighted by atomic mass is 16.3. The summed E-state index contributed by atoms with van der Waals surface area (Å²) >= 11 is 0. The minimum atomic E-state index is -0.653. The molecule has 0 aromatic carbocycles. The Balaban J connectivity index is 2.51. The van der Waals surface area contributed by atoms with Crippen molar-refractivity contribution in [3.63, 3.8) is 0 Å². The van der Waals surface area contributed by atoms with Crippen molar-refractivity contribution >= 4 is 5.91 Å². The number of primary amides is 1. The van der Waals surface area contributed by atoms with Crippen LogP contribution in [-0.4, -0.2) is 16.6 Å². The molecule has 1 aliphatic carbocycles. The molecule has 0 saturated heterocycles. The van der Waals surface area contributed by atoms with E-state index in [0.717, 1.165) is 6.42 Å². The second-order valence-electron chi connectivity index (χ2n) is 3.34. The fraction of sp³-hybridized carbons (Fsp3) is 0.857. The van der Waals surface area contributed by atoms with E-state index in [2.05, 4.69) is 0 Å². The first-order chi connectivity index (χ1) is 4.51. The SMILES string of the molecule is C[C@@]1(O)CC[C@H](C(N)=O)C1. The molecule has 1 rings (SSSR count). The highest BCUT2D eigenvalue weighted by Gasteiger charge is 2.35. The zero-order valence-corrected chi connectivity index (χ0v) is 6.13. The van der Waals surface area contributed by atoms with Gasteiger partial charge in [-0.3, -0.25) is 4.79 Å². The molecule has 58 valence electrons. The van der Waals surface area contributed by atoms with E-state index in [0.29, 0.717) is 12.8 Å². The molecule has 3 N–H and O–H groups in total. The lowest BCUT2D eigenvalue weighted by atomic mass is 10.0. The Bertz CT molecular complexity index is 154. The van der Waals surface area contributed by atoms with Gasteiger partial charge < -0.3 is 10.8 Å². The zero-order chi connectivity index (χ0) is 7.78. The summed E-state index contributed by atoms with van der Waals surface area (Å²) in [7, 11) is 0. The third-order valence-corrected chi connectivity index (χ3v) is 2.12. The number of carbonyl (C=O) groups excluding carboxylic acids is 1. The van der Waals surface area contributed by atoms with Gasteiger partial charge in [0, 0.05) is 5.92 Å². The molecule has 3 heteroatoms. The second kappa shape index (κ2) is 2.23. The van der Waals surface area contributed by atoms with Crippen molar-refractivity contribution in [2.75, 3.05) is 0 Å².